The fourth-order valence-corrected chi connectivity index (χ4v) is 3.94. The van der Waals surface area contributed by atoms with Gasteiger partial charge in [-0.2, -0.15) is 4.98 Å². The van der Waals surface area contributed by atoms with Crippen LogP contribution in [0.2, 0.25) is 0 Å². The molecule has 2 aliphatic heterocycles. The van der Waals surface area contributed by atoms with Crippen LogP contribution in [0.4, 0.5) is 5.69 Å². The van der Waals surface area contributed by atoms with Crippen molar-refractivity contribution in [2.24, 2.45) is 0 Å². The van der Waals surface area contributed by atoms with Crippen molar-refractivity contribution >= 4 is 17.5 Å². The molecule has 32 heavy (non-hydrogen) atoms. The van der Waals surface area contributed by atoms with Gasteiger partial charge in [0.1, 0.15) is 17.5 Å². The molecule has 1 atom stereocenters. The predicted octanol–water partition coefficient (Wildman–Crippen LogP) is 3.20. The highest BCUT2D eigenvalue weighted by atomic mass is 16.5. The summed E-state index contributed by atoms with van der Waals surface area (Å²) in [5.74, 6) is 1.70. The molecule has 0 radical (unpaired) electrons. The lowest BCUT2D eigenvalue weighted by molar-refractivity contribution is -0.138. The summed E-state index contributed by atoms with van der Waals surface area (Å²) in [5, 5.41) is 6.88. The summed E-state index contributed by atoms with van der Waals surface area (Å²) in [6.07, 6.45) is 2.62. The number of amides is 2. The van der Waals surface area contributed by atoms with Crippen molar-refractivity contribution in [2.75, 3.05) is 25.1 Å². The minimum atomic E-state index is -0.294. The first-order valence-electron chi connectivity index (χ1n) is 10.6. The Hall–Kier alpha value is -3.88. The topological polar surface area (TPSA) is 107 Å². The van der Waals surface area contributed by atoms with Crippen molar-refractivity contribution in [3.63, 3.8) is 0 Å². The molecule has 1 fully saturated rings. The molecule has 0 saturated carbocycles. The molecule has 0 aliphatic carbocycles. The fraction of sp³-hybridized carbons (Fsp3) is 0.304. The van der Waals surface area contributed by atoms with E-state index in [2.05, 4.69) is 15.5 Å². The number of fused-ring (bicyclic) bond motifs is 1. The van der Waals surface area contributed by atoms with Crippen LogP contribution in [0.25, 0.3) is 11.4 Å². The molecule has 2 amide bonds. The van der Waals surface area contributed by atoms with Gasteiger partial charge in [0.15, 0.2) is 13.2 Å². The van der Waals surface area contributed by atoms with Crippen LogP contribution in [0.3, 0.4) is 0 Å². The summed E-state index contributed by atoms with van der Waals surface area (Å²) in [4.78, 5) is 30.8. The first kappa shape index (κ1) is 20.0. The third-order valence-electron chi connectivity index (χ3n) is 5.53. The molecule has 9 nitrogen and oxygen atoms in total. The van der Waals surface area contributed by atoms with E-state index in [-0.39, 0.29) is 31.1 Å². The van der Waals surface area contributed by atoms with Crippen LogP contribution in [-0.2, 0) is 9.59 Å². The van der Waals surface area contributed by atoms with E-state index in [1.165, 1.54) is 0 Å². The Balaban J connectivity index is 1.32. The van der Waals surface area contributed by atoms with Gasteiger partial charge in [0.25, 0.3) is 11.8 Å². The van der Waals surface area contributed by atoms with Crippen molar-refractivity contribution in [1.29, 1.82) is 0 Å². The Bertz CT molecular complexity index is 1130. The molecule has 3 heterocycles. The first-order valence-corrected chi connectivity index (χ1v) is 10.6. The Kier molecular flexibility index (Phi) is 5.45. The number of carbonyl (C=O) groups excluding carboxylic acids is 2. The average Bonchev–Trinajstić information content (AvgIpc) is 3.33. The number of piperidine rings is 1. The van der Waals surface area contributed by atoms with Gasteiger partial charge in [0, 0.05) is 12.1 Å². The molecule has 1 saturated heterocycles. The zero-order chi connectivity index (χ0) is 21.9. The molecule has 0 unspecified atom stereocenters. The molecule has 0 bridgehead atoms. The Morgan fingerprint density at radius 1 is 1.19 bits per heavy atom. The van der Waals surface area contributed by atoms with Gasteiger partial charge in [0.05, 0.1) is 5.69 Å². The van der Waals surface area contributed by atoms with Crippen LogP contribution in [0, 0.1) is 0 Å². The van der Waals surface area contributed by atoms with Crippen molar-refractivity contribution in [3.8, 4) is 22.9 Å². The quantitative estimate of drug-likeness (QED) is 0.657. The summed E-state index contributed by atoms with van der Waals surface area (Å²) in [6.45, 7) is 0.561. The lowest BCUT2D eigenvalue weighted by atomic mass is 10.0. The number of carbonyl (C=O) groups is 2. The number of hydrogen-bond acceptors (Lipinski definition) is 7. The van der Waals surface area contributed by atoms with Gasteiger partial charge in [-0.1, -0.05) is 23.4 Å². The monoisotopic (exact) mass is 434 g/mol. The Morgan fingerprint density at radius 3 is 2.94 bits per heavy atom. The summed E-state index contributed by atoms with van der Waals surface area (Å²) in [5.41, 5.74) is 1.25. The van der Waals surface area contributed by atoms with Gasteiger partial charge in [-0.3, -0.25) is 9.59 Å². The lowest BCUT2D eigenvalue weighted by Crippen LogP contribution is -2.41. The second-order valence-electron chi connectivity index (χ2n) is 7.70. The summed E-state index contributed by atoms with van der Waals surface area (Å²) in [7, 11) is 0. The van der Waals surface area contributed by atoms with E-state index in [0.717, 1.165) is 19.3 Å². The summed E-state index contributed by atoms with van der Waals surface area (Å²) >= 11 is 0. The number of ether oxygens (including phenoxy) is 2. The van der Waals surface area contributed by atoms with Crippen LogP contribution >= 0.6 is 0 Å². The van der Waals surface area contributed by atoms with Crippen LogP contribution in [0.1, 0.15) is 31.2 Å². The SMILES string of the molecule is O=C1COc2ccc(-c3noc([C@H]4CCCCN4C(=O)COc4ccccc4)n3)cc2N1. The zero-order valence-electron chi connectivity index (χ0n) is 17.3. The highest BCUT2D eigenvalue weighted by Crippen LogP contribution is 2.34. The predicted molar refractivity (Wildman–Crippen MR) is 114 cm³/mol. The molecular weight excluding hydrogens is 412 g/mol. The van der Waals surface area contributed by atoms with E-state index in [9.17, 15) is 9.59 Å². The van der Waals surface area contributed by atoms with Crippen molar-refractivity contribution in [3.05, 3.63) is 54.4 Å². The molecule has 1 N–H and O–H groups in total. The molecule has 9 heteroatoms. The molecule has 3 aromatic rings. The maximum atomic E-state index is 12.9. The molecule has 0 spiro atoms. The minimum Gasteiger partial charge on any atom is -0.484 e. The number of anilines is 1. The molecule has 2 aromatic carbocycles. The number of rotatable bonds is 5. The smallest absolute Gasteiger partial charge is 0.262 e. The number of benzene rings is 2. The van der Waals surface area contributed by atoms with Crippen LogP contribution in [-0.4, -0.2) is 46.6 Å². The number of para-hydroxylation sites is 1. The van der Waals surface area contributed by atoms with E-state index in [4.69, 9.17) is 14.0 Å². The van der Waals surface area contributed by atoms with Gasteiger partial charge in [-0.05, 0) is 49.6 Å². The number of nitrogens with one attached hydrogen (secondary N) is 1. The fourth-order valence-electron chi connectivity index (χ4n) is 3.94. The molecular formula is C23H22N4O5. The van der Waals surface area contributed by atoms with Gasteiger partial charge in [0.2, 0.25) is 11.7 Å². The van der Waals surface area contributed by atoms with Crippen molar-refractivity contribution < 1.29 is 23.6 Å². The largest absolute Gasteiger partial charge is 0.484 e. The van der Waals surface area contributed by atoms with Crippen LogP contribution in [0.15, 0.2) is 53.1 Å². The van der Waals surface area contributed by atoms with Crippen molar-refractivity contribution in [2.45, 2.75) is 25.3 Å². The number of hydrogen-bond donors (Lipinski definition) is 1. The minimum absolute atomic E-state index is 0.00175. The molecule has 2 aliphatic rings. The highest BCUT2D eigenvalue weighted by Gasteiger charge is 2.32. The van der Waals surface area contributed by atoms with Crippen LogP contribution in [0.5, 0.6) is 11.5 Å². The summed E-state index contributed by atoms with van der Waals surface area (Å²) < 4.78 is 16.6. The number of nitrogens with zero attached hydrogens (tertiary/aromatic N) is 3. The zero-order valence-corrected chi connectivity index (χ0v) is 17.3. The van der Waals surface area contributed by atoms with Crippen LogP contribution < -0.4 is 14.8 Å². The van der Waals surface area contributed by atoms with Gasteiger partial charge >= 0.3 is 0 Å². The second kappa shape index (κ2) is 8.70. The summed E-state index contributed by atoms with van der Waals surface area (Å²) in [6, 6.07) is 14.3. The van der Waals surface area contributed by atoms with E-state index < -0.39 is 0 Å². The van der Waals surface area contributed by atoms with E-state index in [0.29, 0.717) is 41.0 Å². The molecule has 5 rings (SSSR count). The second-order valence-corrected chi connectivity index (χ2v) is 7.70. The average molecular weight is 434 g/mol. The number of likely N-dealkylation sites (tertiary alicyclic amines) is 1. The molecule has 1 aromatic heterocycles. The third-order valence-corrected chi connectivity index (χ3v) is 5.53. The third kappa shape index (κ3) is 4.14. The van der Waals surface area contributed by atoms with E-state index in [1.807, 2.05) is 36.4 Å². The maximum Gasteiger partial charge on any atom is 0.262 e. The van der Waals surface area contributed by atoms with E-state index in [1.54, 1.807) is 17.0 Å². The number of aromatic nitrogens is 2. The highest BCUT2D eigenvalue weighted by molar-refractivity contribution is 5.96. The Labute approximate surface area is 184 Å². The first-order chi connectivity index (χ1) is 15.7. The van der Waals surface area contributed by atoms with Crippen molar-refractivity contribution in [1.82, 2.24) is 15.0 Å². The van der Waals surface area contributed by atoms with Gasteiger partial charge < -0.3 is 24.2 Å². The maximum absolute atomic E-state index is 12.9. The van der Waals surface area contributed by atoms with Gasteiger partial charge in [-0.15, -0.1) is 0 Å². The van der Waals surface area contributed by atoms with E-state index >= 15 is 0 Å². The standard InChI is InChI=1S/C23H22N4O5/c28-20-13-31-19-10-9-15(12-17(19)24-20)22-25-23(32-26-22)18-8-4-5-11-27(18)21(29)14-30-16-6-2-1-3-7-16/h1-3,6-7,9-10,12,18H,4-5,8,11,13-14H2,(H,24,28)/t18-/m1/s1. The normalized spacial score (nSPS) is 17.8. The lowest BCUT2D eigenvalue weighted by Gasteiger charge is -2.33. The van der Waals surface area contributed by atoms with Gasteiger partial charge in [-0.25, -0.2) is 0 Å². The molecule has 164 valence electrons. The Morgan fingerprint density at radius 2 is 2.06 bits per heavy atom.